The number of carbonyl (C=O) groups is 2. The number of aromatic nitrogens is 1. The van der Waals surface area contributed by atoms with Crippen molar-refractivity contribution in [3.63, 3.8) is 0 Å². The molecule has 1 aliphatic rings. The third-order valence-electron chi connectivity index (χ3n) is 7.15. The molecule has 1 saturated heterocycles. The number of aryl methyl sites for hydroxylation is 1. The van der Waals surface area contributed by atoms with Crippen LogP contribution >= 0.6 is 0 Å². The number of hydrogen-bond acceptors (Lipinski definition) is 6. The zero-order chi connectivity index (χ0) is 28.6. The highest BCUT2D eigenvalue weighted by Crippen LogP contribution is 2.29. The van der Waals surface area contributed by atoms with Crippen LogP contribution in [0.1, 0.15) is 70.0 Å². The van der Waals surface area contributed by atoms with E-state index in [1.807, 2.05) is 37.8 Å². The van der Waals surface area contributed by atoms with Gasteiger partial charge in [-0.05, 0) is 92.8 Å². The predicted octanol–water partition coefficient (Wildman–Crippen LogP) is 5.37. The lowest BCUT2D eigenvalue weighted by molar-refractivity contribution is 0.0712. The van der Waals surface area contributed by atoms with Crippen molar-refractivity contribution in [2.75, 3.05) is 30.8 Å². The number of benzene rings is 2. The molecule has 1 fully saturated rings. The second-order valence-electron chi connectivity index (χ2n) is 10.4. The third-order valence-corrected chi connectivity index (χ3v) is 7.15. The van der Waals surface area contributed by atoms with Gasteiger partial charge in [0.1, 0.15) is 5.82 Å². The maximum absolute atomic E-state index is 13.4. The molecule has 1 aliphatic heterocycles. The first kappa shape index (κ1) is 28.5. The highest BCUT2D eigenvalue weighted by Gasteiger charge is 2.25. The number of aliphatic imine (C=N–C) groups is 1. The molecule has 40 heavy (non-hydrogen) atoms. The summed E-state index contributed by atoms with van der Waals surface area (Å²) >= 11 is 0. The van der Waals surface area contributed by atoms with Crippen molar-refractivity contribution < 1.29 is 9.59 Å². The Hall–Kier alpha value is -4.46. The number of nitrogens with one attached hydrogen (secondary N) is 2. The molecule has 1 aromatic heterocycles. The minimum absolute atomic E-state index is 0.0209. The lowest BCUT2D eigenvalue weighted by atomic mass is 9.88. The van der Waals surface area contributed by atoms with E-state index in [-0.39, 0.29) is 17.9 Å². The number of carbonyl (C=O) groups excluding carboxylic acids is 2. The number of rotatable bonds is 8. The molecule has 0 atom stereocenters. The van der Waals surface area contributed by atoms with Crippen LogP contribution in [-0.4, -0.2) is 53.6 Å². The monoisotopic (exact) mass is 538 g/mol. The first-order chi connectivity index (χ1) is 19.3. The maximum Gasteiger partial charge on any atom is 0.257 e. The van der Waals surface area contributed by atoms with E-state index >= 15 is 0 Å². The van der Waals surface area contributed by atoms with Gasteiger partial charge in [-0.2, -0.15) is 0 Å². The van der Waals surface area contributed by atoms with E-state index in [1.54, 1.807) is 37.5 Å². The van der Waals surface area contributed by atoms with Crippen molar-refractivity contribution in [3.05, 3.63) is 101 Å². The number of anilines is 2. The average molecular weight is 539 g/mol. The van der Waals surface area contributed by atoms with Gasteiger partial charge in [0.15, 0.2) is 0 Å². The van der Waals surface area contributed by atoms with E-state index in [0.29, 0.717) is 35.8 Å². The Morgan fingerprint density at radius 1 is 1.02 bits per heavy atom. The summed E-state index contributed by atoms with van der Waals surface area (Å²) in [5.74, 6) is 0.830. The highest BCUT2D eigenvalue weighted by atomic mass is 16.2. The summed E-state index contributed by atoms with van der Waals surface area (Å²) in [5, 5.41) is 6.16. The van der Waals surface area contributed by atoms with Gasteiger partial charge < -0.3 is 21.3 Å². The molecule has 4 rings (SSSR count). The summed E-state index contributed by atoms with van der Waals surface area (Å²) in [5.41, 5.74) is 11.2. The Bertz CT molecular complexity index is 1390. The van der Waals surface area contributed by atoms with Crippen LogP contribution in [0.25, 0.3) is 0 Å². The van der Waals surface area contributed by atoms with Gasteiger partial charge in [-0.1, -0.05) is 30.3 Å². The molecule has 8 heteroatoms. The maximum atomic E-state index is 13.4. The third kappa shape index (κ3) is 6.94. The van der Waals surface area contributed by atoms with Crippen molar-refractivity contribution in [1.29, 1.82) is 0 Å². The van der Waals surface area contributed by atoms with E-state index in [1.165, 1.54) is 11.8 Å². The summed E-state index contributed by atoms with van der Waals surface area (Å²) in [4.78, 5) is 36.7. The molecule has 2 aromatic carbocycles. The van der Waals surface area contributed by atoms with Gasteiger partial charge in [0.05, 0.1) is 11.3 Å². The van der Waals surface area contributed by atoms with Gasteiger partial charge >= 0.3 is 0 Å². The molecule has 0 spiro atoms. The Balaban J connectivity index is 1.37. The number of allylic oxidation sites excluding steroid dienone is 1. The Kier molecular flexibility index (Phi) is 9.32. The van der Waals surface area contributed by atoms with Gasteiger partial charge in [-0.3, -0.25) is 14.6 Å². The Labute approximate surface area is 236 Å². The lowest BCUT2D eigenvalue weighted by Gasteiger charge is -2.32. The van der Waals surface area contributed by atoms with Crippen molar-refractivity contribution in [2.45, 2.75) is 45.6 Å². The topological polar surface area (TPSA) is 113 Å². The molecule has 2 heterocycles. The van der Waals surface area contributed by atoms with Gasteiger partial charge in [-0.15, -0.1) is 0 Å². The molecule has 3 aromatic rings. The average Bonchev–Trinajstić information content (AvgIpc) is 2.97. The fourth-order valence-corrected chi connectivity index (χ4v) is 4.91. The minimum atomic E-state index is -0.264. The van der Waals surface area contributed by atoms with E-state index in [9.17, 15) is 9.59 Å². The zero-order valence-corrected chi connectivity index (χ0v) is 23.6. The molecular formula is C32H38N6O2. The lowest BCUT2D eigenvalue weighted by Crippen LogP contribution is -2.38. The highest BCUT2D eigenvalue weighted by molar-refractivity contribution is 6.08. The summed E-state index contributed by atoms with van der Waals surface area (Å²) in [6, 6.07) is 17.7. The number of hydrogen-bond donors (Lipinski definition) is 3. The Morgan fingerprint density at radius 3 is 2.30 bits per heavy atom. The zero-order valence-electron chi connectivity index (χ0n) is 23.6. The van der Waals surface area contributed by atoms with Crippen molar-refractivity contribution >= 4 is 29.0 Å². The largest absolute Gasteiger partial charge is 0.405 e. The quantitative estimate of drug-likeness (QED) is 0.334. The molecule has 2 amide bonds. The van der Waals surface area contributed by atoms with Crippen LogP contribution in [0.15, 0.2) is 78.1 Å². The van der Waals surface area contributed by atoms with E-state index in [2.05, 4.69) is 44.9 Å². The molecule has 0 saturated carbocycles. The molecule has 208 valence electrons. The molecule has 0 unspecified atom stereocenters. The number of nitrogens with zero attached hydrogens (tertiary/aromatic N) is 3. The van der Waals surface area contributed by atoms with Crippen LogP contribution in [0.3, 0.4) is 0 Å². The van der Waals surface area contributed by atoms with Crippen LogP contribution in [0.5, 0.6) is 0 Å². The number of likely N-dealkylation sites (tertiary alicyclic amines) is 1. The SMILES string of the molecule is CN=C(C=CN)c1ccc(C2CCN(C(=O)c3ccc(C)c(NC(=O)c4ccc(NC(C)C)nc4)c3)CC2)cc1. The second kappa shape index (κ2) is 13.1. The fourth-order valence-electron chi connectivity index (χ4n) is 4.91. The van der Waals surface area contributed by atoms with Crippen LogP contribution in [0, 0.1) is 6.92 Å². The number of amides is 2. The van der Waals surface area contributed by atoms with Gasteiger partial charge in [0.25, 0.3) is 11.8 Å². The molecule has 4 N–H and O–H groups in total. The number of pyridine rings is 1. The molecule has 0 radical (unpaired) electrons. The summed E-state index contributed by atoms with van der Waals surface area (Å²) in [6.07, 6.45) is 6.63. The molecule has 0 aliphatic carbocycles. The van der Waals surface area contributed by atoms with Crippen LogP contribution in [0.2, 0.25) is 0 Å². The van der Waals surface area contributed by atoms with Crippen LogP contribution in [0.4, 0.5) is 11.5 Å². The van der Waals surface area contributed by atoms with Crippen LogP contribution < -0.4 is 16.4 Å². The standard InChI is InChI=1S/C32H38N6O2/c1-21(2)36-30-12-11-27(20-35-30)31(39)37-29-19-26(6-5-22(29)3)32(40)38-17-14-24(15-18-38)23-7-9-25(10-8-23)28(34-4)13-16-33/h5-13,16,19-21,24H,14-15,17-18,33H2,1-4H3,(H,35,36)(H,37,39). The van der Waals surface area contributed by atoms with Crippen LogP contribution in [-0.2, 0) is 0 Å². The summed E-state index contributed by atoms with van der Waals surface area (Å²) < 4.78 is 0. The van der Waals surface area contributed by atoms with Crippen molar-refractivity contribution in [2.24, 2.45) is 10.7 Å². The normalized spacial score (nSPS) is 14.5. The van der Waals surface area contributed by atoms with Gasteiger partial charge in [0, 0.05) is 43.6 Å². The second-order valence-corrected chi connectivity index (χ2v) is 10.4. The van der Waals surface area contributed by atoms with E-state index in [0.717, 1.165) is 35.5 Å². The first-order valence-electron chi connectivity index (χ1n) is 13.7. The number of nitrogens with two attached hydrogens (primary N) is 1. The van der Waals surface area contributed by atoms with Gasteiger partial charge in [-0.25, -0.2) is 4.98 Å². The number of piperidine rings is 1. The van der Waals surface area contributed by atoms with Crippen molar-refractivity contribution in [1.82, 2.24) is 9.88 Å². The Morgan fingerprint density at radius 2 is 1.70 bits per heavy atom. The summed E-state index contributed by atoms with van der Waals surface area (Å²) in [7, 11) is 1.75. The molecular weight excluding hydrogens is 500 g/mol. The fraction of sp³-hybridized carbons (Fsp3) is 0.312. The molecule has 0 bridgehead atoms. The summed E-state index contributed by atoms with van der Waals surface area (Å²) in [6.45, 7) is 7.33. The molecule has 8 nitrogen and oxygen atoms in total. The van der Waals surface area contributed by atoms with E-state index < -0.39 is 0 Å². The smallest absolute Gasteiger partial charge is 0.257 e. The minimum Gasteiger partial charge on any atom is -0.405 e. The van der Waals surface area contributed by atoms with Gasteiger partial charge in [0.2, 0.25) is 0 Å². The first-order valence-corrected chi connectivity index (χ1v) is 13.7. The predicted molar refractivity (Wildman–Crippen MR) is 162 cm³/mol. The van der Waals surface area contributed by atoms with E-state index in [4.69, 9.17) is 5.73 Å². The van der Waals surface area contributed by atoms with Crippen molar-refractivity contribution in [3.8, 4) is 0 Å².